The van der Waals surface area contributed by atoms with Gasteiger partial charge in [-0.25, -0.2) is 0 Å². The summed E-state index contributed by atoms with van der Waals surface area (Å²) < 4.78 is 10.8. The number of rotatable bonds is 6. The van der Waals surface area contributed by atoms with Crippen LogP contribution in [-0.4, -0.2) is 30.4 Å². The van der Waals surface area contributed by atoms with E-state index >= 15 is 0 Å². The van der Waals surface area contributed by atoms with E-state index in [-0.39, 0.29) is 0 Å². The fourth-order valence-electron chi connectivity index (χ4n) is 4.43. The van der Waals surface area contributed by atoms with Crippen LogP contribution >= 0.6 is 11.6 Å². The zero-order chi connectivity index (χ0) is 20.3. The van der Waals surface area contributed by atoms with Crippen LogP contribution in [-0.2, 0) is 6.42 Å². The predicted octanol–water partition coefficient (Wildman–Crippen LogP) is 5.17. The van der Waals surface area contributed by atoms with Crippen molar-refractivity contribution in [2.45, 2.75) is 44.2 Å². The van der Waals surface area contributed by atoms with E-state index in [2.05, 4.69) is 39.9 Å². The van der Waals surface area contributed by atoms with E-state index in [1.54, 1.807) is 0 Å². The second-order valence-electron chi connectivity index (χ2n) is 8.10. The van der Waals surface area contributed by atoms with Gasteiger partial charge in [0.25, 0.3) is 0 Å². The molecular weight excluding hydrogens is 398 g/mol. The largest absolute Gasteiger partial charge is 0.454 e. The molecule has 0 saturated heterocycles. The molecule has 2 heterocycles. The average Bonchev–Trinajstić information content (AvgIpc) is 3.23. The number of anilines is 1. The summed E-state index contributed by atoms with van der Waals surface area (Å²) in [5, 5.41) is 9.32. The summed E-state index contributed by atoms with van der Waals surface area (Å²) in [5.41, 5.74) is 3.37. The number of aromatic nitrogens is 1. The summed E-state index contributed by atoms with van der Waals surface area (Å²) in [6.45, 7) is 1.31. The first-order valence-corrected chi connectivity index (χ1v) is 11.0. The molecule has 30 heavy (non-hydrogen) atoms. The second kappa shape index (κ2) is 8.70. The molecular formula is C24H26ClN3O2. The van der Waals surface area contributed by atoms with Crippen molar-refractivity contribution < 1.29 is 9.47 Å². The molecule has 5 nitrogen and oxygen atoms in total. The maximum Gasteiger partial charge on any atom is 0.231 e. The molecule has 1 aromatic heterocycles. The number of hydrogen-bond acceptors (Lipinski definition) is 5. The molecule has 1 fully saturated rings. The van der Waals surface area contributed by atoms with Crippen molar-refractivity contribution in [3.8, 4) is 11.5 Å². The van der Waals surface area contributed by atoms with Gasteiger partial charge in [0.15, 0.2) is 11.5 Å². The number of nitrogens with zero attached hydrogens (tertiary/aromatic N) is 1. The van der Waals surface area contributed by atoms with E-state index in [1.807, 2.05) is 24.4 Å². The molecule has 0 radical (unpaired) electrons. The van der Waals surface area contributed by atoms with E-state index in [4.69, 9.17) is 21.1 Å². The Morgan fingerprint density at radius 3 is 2.67 bits per heavy atom. The summed E-state index contributed by atoms with van der Waals surface area (Å²) in [6.07, 6.45) is 7.56. The maximum absolute atomic E-state index is 6.11. The fourth-order valence-corrected chi connectivity index (χ4v) is 4.59. The molecule has 0 unspecified atom stereocenters. The summed E-state index contributed by atoms with van der Waals surface area (Å²) in [4.78, 5) is 4.44. The van der Waals surface area contributed by atoms with Gasteiger partial charge in [-0.15, -0.1) is 0 Å². The van der Waals surface area contributed by atoms with Gasteiger partial charge in [-0.05, 0) is 80.6 Å². The third kappa shape index (κ3) is 4.32. The average molecular weight is 424 g/mol. The van der Waals surface area contributed by atoms with Crippen LogP contribution in [0, 0.1) is 0 Å². The molecule has 0 amide bonds. The van der Waals surface area contributed by atoms with Gasteiger partial charge in [0.1, 0.15) is 0 Å². The standard InChI is InChI=1S/C24H26ClN3O2/c25-17-2-7-20-21(10-12-27-22(20)14-17)28-19-5-3-18(4-6-19)26-11-9-16-1-8-23-24(13-16)30-15-29-23/h1-2,7-8,10,12-14,18-19,26H,3-6,9,11,15H2,(H,27,28). The Balaban J connectivity index is 1.10. The second-order valence-corrected chi connectivity index (χ2v) is 8.54. The lowest BCUT2D eigenvalue weighted by atomic mass is 9.90. The number of benzene rings is 2. The Morgan fingerprint density at radius 2 is 1.77 bits per heavy atom. The highest BCUT2D eigenvalue weighted by Gasteiger charge is 2.21. The summed E-state index contributed by atoms with van der Waals surface area (Å²) in [7, 11) is 0. The van der Waals surface area contributed by atoms with Crippen LogP contribution in [0.2, 0.25) is 5.02 Å². The van der Waals surface area contributed by atoms with E-state index in [1.165, 1.54) is 31.2 Å². The van der Waals surface area contributed by atoms with Crippen LogP contribution < -0.4 is 20.1 Å². The topological polar surface area (TPSA) is 55.4 Å². The fraction of sp³-hybridized carbons (Fsp3) is 0.375. The highest BCUT2D eigenvalue weighted by molar-refractivity contribution is 6.31. The monoisotopic (exact) mass is 423 g/mol. The van der Waals surface area contributed by atoms with E-state index in [0.29, 0.717) is 18.9 Å². The number of hydrogen-bond donors (Lipinski definition) is 2. The molecule has 0 atom stereocenters. The van der Waals surface area contributed by atoms with Crippen molar-refractivity contribution in [3.05, 3.63) is 59.2 Å². The van der Waals surface area contributed by atoms with Crippen molar-refractivity contribution in [1.82, 2.24) is 10.3 Å². The number of nitrogens with one attached hydrogen (secondary N) is 2. The highest BCUT2D eigenvalue weighted by atomic mass is 35.5. The minimum atomic E-state index is 0.331. The third-order valence-corrected chi connectivity index (χ3v) is 6.31. The summed E-state index contributed by atoms with van der Waals surface area (Å²) in [6, 6.07) is 15.3. The SMILES string of the molecule is Clc1ccc2c(NC3CCC(NCCc4ccc5c(c4)OCO5)CC3)ccnc2c1. The lowest BCUT2D eigenvalue weighted by Gasteiger charge is -2.30. The van der Waals surface area contributed by atoms with Gasteiger partial charge in [-0.3, -0.25) is 4.98 Å². The highest BCUT2D eigenvalue weighted by Crippen LogP contribution is 2.32. The molecule has 2 N–H and O–H groups in total. The Hall–Kier alpha value is -2.50. The zero-order valence-electron chi connectivity index (χ0n) is 16.9. The van der Waals surface area contributed by atoms with Crippen molar-refractivity contribution >= 4 is 28.2 Å². The molecule has 0 bridgehead atoms. The zero-order valence-corrected chi connectivity index (χ0v) is 17.6. The van der Waals surface area contributed by atoms with Gasteiger partial charge in [0.05, 0.1) is 5.52 Å². The normalized spacial score (nSPS) is 20.4. The molecule has 1 aliphatic carbocycles. The smallest absolute Gasteiger partial charge is 0.231 e. The molecule has 6 heteroatoms. The first-order valence-electron chi connectivity index (χ1n) is 10.7. The number of fused-ring (bicyclic) bond motifs is 2. The third-order valence-electron chi connectivity index (χ3n) is 6.08. The number of ether oxygens (including phenoxy) is 2. The van der Waals surface area contributed by atoms with Gasteiger partial charge in [-0.2, -0.15) is 0 Å². The molecule has 3 aromatic rings. The number of halogens is 1. The van der Waals surface area contributed by atoms with Gasteiger partial charge in [0.2, 0.25) is 6.79 Å². The van der Waals surface area contributed by atoms with Crippen LogP contribution in [0.3, 0.4) is 0 Å². The van der Waals surface area contributed by atoms with Crippen molar-refractivity contribution in [2.24, 2.45) is 0 Å². The van der Waals surface area contributed by atoms with Crippen molar-refractivity contribution in [2.75, 3.05) is 18.7 Å². The quantitative estimate of drug-likeness (QED) is 0.572. The lowest BCUT2D eigenvalue weighted by molar-refractivity contribution is 0.174. The van der Waals surface area contributed by atoms with Gasteiger partial charge in [0, 0.05) is 34.4 Å². The van der Waals surface area contributed by atoms with Crippen molar-refractivity contribution in [1.29, 1.82) is 0 Å². The molecule has 0 spiro atoms. The Labute approximate surface area is 181 Å². The van der Waals surface area contributed by atoms with E-state index in [0.717, 1.165) is 46.1 Å². The van der Waals surface area contributed by atoms with Gasteiger partial charge in [-0.1, -0.05) is 17.7 Å². The molecule has 5 rings (SSSR count). The molecule has 156 valence electrons. The first kappa shape index (κ1) is 19.5. The van der Waals surface area contributed by atoms with Crippen LogP contribution in [0.15, 0.2) is 48.7 Å². The maximum atomic E-state index is 6.11. The van der Waals surface area contributed by atoms with E-state index in [9.17, 15) is 0 Å². The van der Waals surface area contributed by atoms with Crippen LogP contribution in [0.4, 0.5) is 5.69 Å². The summed E-state index contributed by atoms with van der Waals surface area (Å²) in [5.74, 6) is 1.72. The van der Waals surface area contributed by atoms with Gasteiger partial charge < -0.3 is 20.1 Å². The van der Waals surface area contributed by atoms with Crippen LogP contribution in [0.1, 0.15) is 31.2 Å². The Bertz CT molecular complexity index is 1030. The summed E-state index contributed by atoms with van der Waals surface area (Å²) >= 11 is 6.11. The minimum Gasteiger partial charge on any atom is -0.454 e. The van der Waals surface area contributed by atoms with Crippen LogP contribution in [0.5, 0.6) is 11.5 Å². The lowest BCUT2D eigenvalue weighted by Crippen LogP contribution is -2.37. The molecule has 1 aliphatic heterocycles. The minimum absolute atomic E-state index is 0.331. The van der Waals surface area contributed by atoms with Crippen LogP contribution in [0.25, 0.3) is 10.9 Å². The van der Waals surface area contributed by atoms with Crippen molar-refractivity contribution in [3.63, 3.8) is 0 Å². The molecule has 1 saturated carbocycles. The van der Waals surface area contributed by atoms with E-state index < -0.39 is 0 Å². The predicted molar refractivity (Wildman–Crippen MR) is 121 cm³/mol. The Kier molecular flexibility index (Phi) is 5.65. The molecule has 2 aliphatic rings. The molecule has 2 aromatic carbocycles. The van der Waals surface area contributed by atoms with Gasteiger partial charge >= 0.3 is 0 Å². The number of pyridine rings is 1. The first-order chi connectivity index (χ1) is 14.7. The Morgan fingerprint density at radius 1 is 0.933 bits per heavy atom.